The molecular formula is C22H24ClN5O3. The molecule has 0 aliphatic heterocycles. The van der Waals surface area contributed by atoms with Crippen LogP contribution in [0, 0.1) is 0 Å². The van der Waals surface area contributed by atoms with Crippen LogP contribution in [0.3, 0.4) is 0 Å². The molecule has 0 aliphatic carbocycles. The number of primary amides is 1. The number of hydrogen-bond donors (Lipinski definition) is 3. The number of urea groups is 1. The van der Waals surface area contributed by atoms with Crippen molar-refractivity contribution in [2.75, 3.05) is 0 Å². The summed E-state index contributed by atoms with van der Waals surface area (Å²) in [6.45, 7) is 3.59. The number of aromatic nitrogens is 2. The second kappa shape index (κ2) is 9.61. The number of nitrogens with two attached hydrogens (primary N) is 1. The first kappa shape index (κ1) is 22.3. The number of carbonyl (C=O) groups is 2. The summed E-state index contributed by atoms with van der Waals surface area (Å²) in [5, 5.41) is 14.2. The van der Waals surface area contributed by atoms with Crippen LogP contribution in [0.4, 0.5) is 4.79 Å². The molecule has 3 amide bonds. The molecular weight excluding hydrogens is 418 g/mol. The predicted octanol–water partition coefficient (Wildman–Crippen LogP) is 3.08. The normalized spacial score (nSPS) is 12.7. The molecule has 0 saturated carbocycles. The summed E-state index contributed by atoms with van der Waals surface area (Å²) >= 11 is 6.09. The smallest absolute Gasteiger partial charge is 0.313 e. The van der Waals surface area contributed by atoms with Crippen molar-refractivity contribution in [3.63, 3.8) is 0 Å². The maximum Gasteiger partial charge on any atom is 0.313 e. The minimum atomic E-state index is -1.07. The van der Waals surface area contributed by atoms with E-state index >= 15 is 0 Å². The maximum atomic E-state index is 12.1. The van der Waals surface area contributed by atoms with Crippen molar-refractivity contribution in [2.24, 2.45) is 5.73 Å². The van der Waals surface area contributed by atoms with E-state index in [1.54, 1.807) is 12.1 Å². The number of halogens is 1. The molecule has 31 heavy (non-hydrogen) atoms. The van der Waals surface area contributed by atoms with Gasteiger partial charge in [-0.3, -0.25) is 4.79 Å². The van der Waals surface area contributed by atoms with Gasteiger partial charge in [-0.05, 0) is 35.2 Å². The molecule has 1 heterocycles. The number of benzene rings is 2. The molecule has 8 nitrogen and oxygen atoms in total. The lowest BCUT2D eigenvalue weighted by Crippen LogP contribution is -2.50. The van der Waals surface area contributed by atoms with E-state index in [2.05, 4.69) is 27.8 Å². The van der Waals surface area contributed by atoms with Gasteiger partial charge >= 0.3 is 6.03 Å². The van der Waals surface area contributed by atoms with Gasteiger partial charge in [-0.25, -0.2) is 4.79 Å². The molecule has 0 bridgehead atoms. The molecule has 162 valence electrons. The molecule has 1 aromatic heterocycles. The SMILES string of the molecule is CCc1ccc([C@](Cc2nnc(CNC(C)=O)o2)(NC(N)=O)c2ccc(Cl)cc2)cc1. The Morgan fingerprint density at radius 1 is 1.03 bits per heavy atom. The minimum Gasteiger partial charge on any atom is -0.423 e. The van der Waals surface area contributed by atoms with Crippen LogP contribution in [0.15, 0.2) is 52.9 Å². The number of amides is 3. The second-order valence-corrected chi connectivity index (χ2v) is 7.56. The zero-order valence-corrected chi connectivity index (χ0v) is 18.1. The molecule has 3 aromatic rings. The monoisotopic (exact) mass is 441 g/mol. The fourth-order valence-corrected chi connectivity index (χ4v) is 3.51. The number of hydrogen-bond acceptors (Lipinski definition) is 5. The lowest BCUT2D eigenvalue weighted by molar-refractivity contribution is -0.119. The van der Waals surface area contributed by atoms with Gasteiger partial charge in [0.2, 0.25) is 17.7 Å². The lowest BCUT2D eigenvalue weighted by atomic mass is 9.79. The van der Waals surface area contributed by atoms with Crippen molar-refractivity contribution in [3.05, 3.63) is 82.0 Å². The molecule has 0 fully saturated rings. The Balaban J connectivity index is 2.07. The van der Waals surface area contributed by atoms with Gasteiger partial charge in [0.25, 0.3) is 0 Å². The molecule has 4 N–H and O–H groups in total. The minimum absolute atomic E-state index is 0.116. The van der Waals surface area contributed by atoms with Gasteiger partial charge in [0, 0.05) is 11.9 Å². The Labute approximate surface area is 185 Å². The summed E-state index contributed by atoms with van der Waals surface area (Å²) in [6, 6.07) is 14.3. The van der Waals surface area contributed by atoms with Gasteiger partial charge in [-0.15, -0.1) is 10.2 Å². The fourth-order valence-electron chi connectivity index (χ4n) is 3.39. The highest BCUT2D eigenvalue weighted by Gasteiger charge is 2.38. The van der Waals surface area contributed by atoms with Gasteiger partial charge in [-0.2, -0.15) is 0 Å². The Bertz CT molecular complexity index is 1050. The number of nitrogens with one attached hydrogen (secondary N) is 2. The molecule has 2 aromatic carbocycles. The first-order valence-corrected chi connectivity index (χ1v) is 10.2. The highest BCUT2D eigenvalue weighted by Crippen LogP contribution is 2.34. The number of carbonyl (C=O) groups excluding carboxylic acids is 2. The van der Waals surface area contributed by atoms with Crippen molar-refractivity contribution >= 4 is 23.5 Å². The summed E-state index contributed by atoms with van der Waals surface area (Å²) in [5.41, 5.74) is 7.23. The molecule has 0 saturated heterocycles. The second-order valence-electron chi connectivity index (χ2n) is 7.13. The number of nitrogens with zero attached hydrogens (tertiary/aromatic N) is 2. The molecule has 1 atom stereocenters. The molecule has 0 aliphatic rings. The quantitative estimate of drug-likeness (QED) is 0.495. The number of aryl methyl sites for hydroxylation is 1. The Morgan fingerprint density at radius 3 is 2.16 bits per heavy atom. The van der Waals surface area contributed by atoms with Crippen LogP contribution in [0.25, 0.3) is 0 Å². The molecule has 9 heteroatoms. The van der Waals surface area contributed by atoms with Gasteiger partial charge in [-0.1, -0.05) is 54.9 Å². The van der Waals surface area contributed by atoms with E-state index in [-0.39, 0.29) is 30.7 Å². The van der Waals surface area contributed by atoms with Crippen LogP contribution >= 0.6 is 11.6 Å². The van der Waals surface area contributed by atoms with Crippen LogP contribution in [0.1, 0.15) is 42.3 Å². The zero-order chi connectivity index (χ0) is 22.4. The number of rotatable bonds is 8. The highest BCUT2D eigenvalue weighted by atomic mass is 35.5. The van der Waals surface area contributed by atoms with Crippen LogP contribution in [0.2, 0.25) is 5.02 Å². The van der Waals surface area contributed by atoms with E-state index in [4.69, 9.17) is 21.8 Å². The van der Waals surface area contributed by atoms with Gasteiger partial charge in [0.05, 0.1) is 13.0 Å². The third-order valence-corrected chi connectivity index (χ3v) is 5.19. The van der Waals surface area contributed by atoms with Crippen LogP contribution in [0.5, 0.6) is 0 Å². The van der Waals surface area contributed by atoms with E-state index in [9.17, 15) is 9.59 Å². The highest BCUT2D eigenvalue weighted by molar-refractivity contribution is 6.30. The first-order chi connectivity index (χ1) is 14.8. The third-order valence-electron chi connectivity index (χ3n) is 4.94. The summed E-state index contributed by atoms with van der Waals surface area (Å²) < 4.78 is 5.73. The summed E-state index contributed by atoms with van der Waals surface area (Å²) in [5.74, 6) is 0.334. The molecule has 0 radical (unpaired) electrons. The predicted molar refractivity (Wildman–Crippen MR) is 116 cm³/mol. The largest absolute Gasteiger partial charge is 0.423 e. The topological polar surface area (TPSA) is 123 Å². The Hall–Kier alpha value is -3.39. The Kier molecular flexibility index (Phi) is 6.91. The summed E-state index contributed by atoms with van der Waals surface area (Å²) in [4.78, 5) is 23.2. The van der Waals surface area contributed by atoms with Crippen molar-refractivity contribution in [3.8, 4) is 0 Å². The van der Waals surface area contributed by atoms with Crippen molar-refractivity contribution in [1.82, 2.24) is 20.8 Å². The summed E-state index contributed by atoms with van der Waals surface area (Å²) in [7, 11) is 0. The van der Waals surface area contributed by atoms with Crippen LogP contribution in [-0.4, -0.2) is 22.1 Å². The lowest BCUT2D eigenvalue weighted by Gasteiger charge is -2.34. The van der Waals surface area contributed by atoms with Gasteiger partial charge < -0.3 is 20.8 Å². The molecule has 3 rings (SSSR count). The molecule has 0 unspecified atom stereocenters. The van der Waals surface area contributed by atoms with Crippen molar-refractivity contribution in [1.29, 1.82) is 0 Å². The third kappa shape index (κ3) is 5.40. The van der Waals surface area contributed by atoms with Gasteiger partial charge in [0.1, 0.15) is 5.54 Å². The first-order valence-electron chi connectivity index (χ1n) is 9.81. The standard InChI is InChI=1S/C22H24ClN5O3/c1-3-15-4-6-16(7-5-15)22(26-21(24)30,17-8-10-18(23)11-9-17)12-19-27-28-20(31-19)13-25-14(2)29/h4-11H,3,12-13H2,1-2H3,(H,25,29)(H3,24,26,30)/t22-/m0/s1. The van der Waals surface area contributed by atoms with E-state index in [0.29, 0.717) is 5.02 Å². The molecule has 0 spiro atoms. The van der Waals surface area contributed by atoms with Crippen LogP contribution in [-0.2, 0) is 29.7 Å². The zero-order valence-electron chi connectivity index (χ0n) is 17.3. The summed E-state index contributed by atoms with van der Waals surface area (Å²) in [6.07, 6.45) is 1.03. The van der Waals surface area contributed by atoms with E-state index < -0.39 is 11.6 Å². The van der Waals surface area contributed by atoms with E-state index in [1.807, 2.05) is 36.4 Å². The maximum absolute atomic E-state index is 12.1. The average Bonchev–Trinajstić information content (AvgIpc) is 3.19. The van der Waals surface area contributed by atoms with Gasteiger partial charge in [0.15, 0.2) is 0 Å². The van der Waals surface area contributed by atoms with E-state index in [1.165, 1.54) is 6.92 Å². The van der Waals surface area contributed by atoms with Crippen LogP contribution < -0.4 is 16.4 Å². The van der Waals surface area contributed by atoms with E-state index in [0.717, 1.165) is 23.1 Å². The van der Waals surface area contributed by atoms with Crippen molar-refractivity contribution < 1.29 is 14.0 Å². The fraction of sp³-hybridized carbons (Fsp3) is 0.273. The average molecular weight is 442 g/mol. The Morgan fingerprint density at radius 2 is 1.61 bits per heavy atom. The van der Waals surface area contributed by atoms with Crippen molar-refractivity contribution in [2.45, 2.75) is 38.8 Å².